The van der Waals surface area contributed by atoms with E-state index in [1.165, 1.54) is 48.4 Å². The number of rotatable bonds is 2. The Morgan fingerprint density at radius 3 is 1.97 bits per heavy atom. The summed E-state index contributed by atoms with van der Waals surface area (Å²) in [5.41, 5.74) is 21.9. The van der Waals surface area contributed by atoms with E-state index in [2.05, 4.69) is 24.3 Å². The normalized spacial score (nSPS) is 13.2. The van der Waals surface area contributed by atoms with Gasteiger partial charge in [-0.25, -0.2) is 0 Å². The molecular formula is C30H37N3O. The Kier molecular flexibility index (Phi) is 9.21. The highest BCUT2D eigenvalue weighted by Crippen LogP contribution is 2.32. The molecule has 0 radical (unpaired) electrons. The molecule has 4 aromatic carbocycles. The van der Waals surface area contributed by atoms with E-state index in [1.807, 2.05) is 67.6 Å². The lowest BCUT2D eigenvalue weighted by atomic mass is 9.84. The molecule has 0 unspecified atom stereocenters. The number of methoxy groups -OCH3 is 1. The summed E-state index contributed by atoms with van der Waals surface area (Å²) >= 11 is 0. The van der Waals surface area contributed by atoms with Gasteiger partial charge in [-0.1, -0.05) is 67.8 Å². The van der Waals surface area contributed by atoms with Crippen molar-refractivity contribution in [3.63, 3.8) is 0 Å². The van der Waals surface area contributed by atoms with Crippen LogP contribution in [0.25, 0.3) is 10.8 Å². The first-order valence-corrected chi connectivity index (χ1v) is 12.0. The van der Waals surface area contributed by atoms with Crippen molar-refractivity contribution in [2.45, 2.75) is 44.9 Å². The van der Waals surface area contributed by atoms with Crippen molar-refractivity contribution in [2.75, 3.05) is 24.3 Å². The summed E-state index contributed by atoms with van der Waals surface area (Å²) in [6.45, 7) is 2.00. The maximum absolute atomic E-state index is 5.66. The number of benzene rings is 4. The largest absolute Gasteiger partial charge is 0.495 e. The number of ether oxygens (including phenoxy) is 1. The van der Waals surface area contributed by atoms with Crippen LogP contribution in [0, 0.1) is 6.92 Å². The summed E-state index contributed by atoms with van der Waals surface area (Å²) in [5, 5.41) is 2.44. The van der Waals surface area contributed by atoms with E-state index in [-0.39, 0.29) is 0 Å². The quantitative estimate of drug-likeness (QED) is 0.276. The first-order chi connectivity index (χ1) is 16.5. The molecule has 0 saturated heterocycles. The van der Waals surface area contributed by atoms with Gasteiger partial charge >= 0.3 is 0 Å². The van der Waals surface area contributed by atoms with Crippen molar-refractivity contribution in [1.29, 1.82) is 0 Å². The van der Waals surface area contributed by atoms with Gasteiger partial charge in [-0.3, -0.25) is 0 Å². The Bertz CT molecular complexity index is 1170. The lowest BCUT2D eigenvalue weighted by Gasteiger charge is -2.21. The predicted molar refractivity (Wildman–Crippen MR) is 147 cm³/mol. The molecule has 178 valence electrons. The van der Waals surface area contributed by atoms with Gasteiger partial charge < -0.3 is 21.9 Å². The third kappa shape index (κ3) is 7.45. The molecule has 5 rings (SSSR count). The topological polar surface area (TPSA) is 87.3 Å². The minimum atomic E-state index is 0.697. The molecule has 1 fully saturated rings. The molecule has 4 aromatic rings. The Labute approximate surface area is 203 Å². The van der Waals surface area contributed by atoms with Crippen LogP contribution in [0.2, 0.25) is 0 Å². The third-order valence-corrected chi connectivity index (χ3v) is 6.17. The maximum Gasteiger partial charge on any atom is 0.141 e. The second kappa shape index (κ2) is 12.5. The van der Waals surface area contributed by atoms with Crippen molar-refractivity contribution in [3.05, 3.63) is 96.1 Å². The molecule has 0 spiro atoms. The van der Waals surface area contributed by atoms with Crippen LogP contribution in [0.4, 0.5) is 17.1 Å². The first-order valence-electron chi connectivity index (χ1n) is 12.0. The Morgan fingerprint density at radius 1 is 0.676 bits per heavy atom. The van der Waals surface area contributed by atoms with E-state index in [0.717, 1.165) is 28.6 Å². The molecule has 4 heteroatoms. The van der Waals surface area contributed by atoms with Crippen LogP contribution in [0.3, 0.4) is 0 Å². The van der Waals surface area contributed by atoms with Gasteiger partial charge in [-0.05, 0) is 84.0 Å². The van der Waals surface area contributed by atoms with Crippen molar-refractivity contribution in [2.24, 2.45) is 0 Å². The van der Waals surface area contributed by atoms with Crippen molar-refractivity contribution in [3.8, 4) is 5.75 Å². The van der Waals surface area contributed by atoms with Crippen molar-refractivity contribution >= 4 is 27.8 Å². The van der Waals surface area contributed by atoms with Crippen LogP contribution in [0.5, 0.6) is 5.75 Å². The number of nitrogens with two attached hydrogens (primary N) is 3. The van der Waals surface area contributed by atoms with Crippen LogP contribution in [0.15, 0.2) is 84.9 Å². The molecular weight excluding hydrogens is 418 g/mol. The molecule has 0 aromatic heterocycles. The molecule has 6 N–H and O–H groups in total. The minimum Gasteiger partial charge on any atom is -0.495 e. The molecule has 0 amide bonds. The molecule has 0 aliphatic heterocycles. The fraction of sp³-hybridized carbons (Fsp3) is 0.267. The average Bonchev–Trinajstić information content (AvgIpc) is 2.86. The van der Waals surface area contributed by atoms with Crippen LogP contribution in [0.1, 0.15) is 49.1 Å². The SMILES string of the molecule is COc1ccc(C)cc1N.Nc1ccc(C2CCCCC2)cc1.Nc1ccc2ccccc2c1. The number of hydrogen-bond acceptors (Lipinski definition) is 4. The molecule has 1 aliphatic rings. The Morgan fingerprint density at radius 2 is 1.32 bits per heavy atom. The maximum atomic E-state index is 5.66. The highest BCUT2D eigenvalue weighted by molar-refractivity contribution is 5.85. The van der Waals surface area contributed by atoms with Crippen LogP contribution >= 0.6 is 0 Å². The van der Waals surface area contributed by atoms with Gasteiger partial charge in [-0.15, -0.1) is 0 Å². The minimum absolute atomic E-state index is 0.697. The molecule has 1 aliphatic carbocycles. The van der Waals surface area contributed by atoms with Gasteiger partial charge in [0, 0.05) is 11.4 Å². The smallest absolute Gasteiger partial charge is 0.141 e. The van der Waals surface area contributed by atoms with Gasteiger partial charge in [0.25, 0.3) is 0 Å². The fourth-order valence-corrected chi connectivity index (χ4v) is 4.27. The number of nitrogen functional groups attached to an aromatic ring is 3. The molecule has 0 heterocycles. The predicted octanol–water partition coefficient (Wildman–Crippen LogP) is 7.32. The standard InChI is InChI=1S/C12H17N.C10H9N.C8H11NO/c13-12-8-6-11(7-9-12)10-4-2-1-3-5-10;11-10-6-5-8-3-1-2-4-9(8)7-10;1-6-3-4-8(10-2)7(9)5-6/h6-10H,1-5,13H2;1-7H,11H2;3-5H,9H2,1-2H3. The Hall–Kier alpha value is -3.66. The zero-order chi connectivity index (χ0) is 24.3. The first kappa shape index (κ1) is 25.0. The number of hydrogen-bond donors (Lipinski definition) is 3. The van der Waals surface area contributed by atoms with E-state index in [4.69, 9.17) is 21.9 Å². The van der Waals surface area contributed by atoms with Crippen LogP contribution in [-0.4, -0.2) is 7.11 Å². The molecule has 0 bridgehead atoms. The third-order valence-electron chi connectivity index (χ3n) is 6.17. The van der Waals surface area contributed by atoms with Gasteiger partial charge in [0.15, 0.2) is 0 Å². The summed E-state index contributed by atoms with van der Waals surface area (Å²) in [7, 11) is 1.61. The average molecular weight is 456 g/mol. The number of fused-ring (bicyclic) bond motifs is 1. The van der Waals surface area contributed by atoms with Crippen molar-refractivity contribution in [1.82, 2.24) is 0 Å². The monoisotopic (exact) mass is 455 g/mol. The van der Waals surface area contributed by atoms with Gasteiger partial charge in [0.1, 0.15) is 5.75 Å². The second-order valence-corrected chi connectivity index (χ2v) is 8.85. The molecule has 4 nitrogen and oxygen atoms in total. The van der Waals surface area contributed by atoms with E-state index >= 15 is 0 Å². The van der Waals surface area contributed by atoms with Crippen LogP contribution in [-0.2, 0) is 0 Å². The van der Waals surface area contributed by atoms with E-state index in [0.29, 0.717) is 5.69 Å². The lowest BCUT2D eigenvalue weighted by molar-refractivity contribution is 0.417. The van der Waals surface area contributed by atoms with E-state index < -0.39 is 0 Å². The highest BCUT2D eigenvalue weighted by Gasteiger charge is 2.14. The molecule has 34 heavy (non-hydrogen) atoms. The van der Waals surface area contributed by atoms with E-state index in [1.54, 1.807) is 7.11 Å². The Balaban J connectivity index is 0.000000144. The molecule has 0 atom stereocenters. The second-order valence-electron chi connectivity index (χ2n) is 8.85. The van der Waals surface area contributed by atoms with Gasteiger partial charge in [0.2, 0.25) is 0 Å². The lowest BCUT2D eigenvalue weighted by Crippen LogP contribution is -2.04. The summed E-state index contributed by atoms with van der Waals surface area (Å²) in [4.78, 5) is 0. The zero-order valence-corrected chi connectivity index (χ0v) is 20.3. The number of aryl methyl sites for hydroxylation is 1. The summed E-state index contributed by atoms with van der Waals surface area (Å²) < 4.78 is 4.97. The summed E-state index contributed by atoms with van der Waals surface area (Å²) in [6, 6.07) is 28.2. The highest BCUT2D eigenvalue weighted by atomic mass is 16.5. The zero-order valence-electron chi connectivity index (χ0n) is 20.3. The van der Waals surface area contributed by atoms with Crippen LogP contribution < -0.4 is 21.9 Å². The number of anilines is 3. The van der Waals surface area contributed by atoms with E-state index in [9.17, 15) is 0 Å². The summed E-state index contributed by atoms with van der Waals surface area (Å²) in [6.07, 6.45) is 6.95. The molecule has 1 saturated carbocycles. The summed E-state index contributed by atoms with van der Waals surface area (Å²) in [5.74, 6) is 1.54. The van der Waals surface area contributed by atoms with Gasteiger partial charge in [0.05, 0.1) is 12.8 Å². The van der Waals surface area contributed by atoms with Gasteiger partial charge in [-0.2, -0.15) is 0 Å². The van der Waals surface area contributed by atoms with Crippen molar-refractivity contribution < 1.29 is 4.74 Å². The fourth-order valence-electron chi connectivity index (χ4n) is 4.27.